The minimum Gasteiger partial charge on any atom is -0.550 e. The summed E-state index contributed by atoms with van der Waals surface area (Å²) in [6, 6.07) is 13.9. The number of carbonyl (C=O) groups excluding carboxylic acids is 3. The van der Waals surface area contributed by atoms with Crippen molar-refractivity contribution >= 4 is 29.2 Å². The SMILES string of the molecule is O=C([O-])c1ccc(NCc2ccccc2)c(NC(=O)[C@@H]2CCCC[C@@H]2C(=O)[O-])c1. The average Bonchev–Trinajstić information content (AvgIpc) is 2.73. The summed E-state index contributed by atoms with van der Waals surface area (Å²) < 4.78 is 0. The monoisotopic (exact) mass is 394 g/mol. The topological polar surface area (TPSA) is 121 Å². The highest BCUT2D eigenvalue weighted by Crippen LogP contribution is 2.32. The first-order valence-electron chi connectivity index (χ1n) is 9.60. The van der Waals surface area contributed by atoms with E-state index in [2.05, 4.69) is 10.6 Å². The highest BCUT2D eigenvalue weighted by atomic mass is 16.4. The van der Waals surface area contributed by atoms with Crippen LogP contribution in [-0.4, -0.2) is 17.8 Å². The molecule has 1 fully saturated rings. The van der Waals surface area contributed by atoms with Gasteiger partial charge in [0.25, 0.3) is 0 Å². The number of hydrogen-bond donors (Lipinski definition) is 2. The number of nitrogens with one attached hydrogen (secondary N) is 2. The first kappa shape index (κ1) is 20.4. The lowest BCUT2D eigenvalue weighted by Gasteiger charge is -2.31. The van der Waals surface area contributed by atoms with Crippen molar-refractivity contribution in [3.05, 3.63) is 59.7 Å². The van der Waals surface area contributed by atoms with E-state index in [4.69, 9.17) is 0 Å². The Bertz CT molecular complexity index is 897. The molecule has 1 saturated carbocycles. The summed E-state index contributed by atoms with van der Waals surface area (Å²) in [6.07, 6.45) is 2.36. The summed E-state index contributed by atoms with van der Waals surface area (Å²) in [6.45, 7) is 0.472. The number of carbonyl (C=O) groups is 3. The van der Waals surface area contributed by atoms with Gasteiger partial charge in [0.15, 0.2) is 0 Å². The minimum atomic E-state index is -1.36. The van der Waals surface area contributed by atoms with Gasteiger partial charge in [-0.25, -0.2) is 0 Å². The lowest BCUT2D eigenvalue weighted by molar-refractivity contribution is -0.313. The summed E-state index contributed by atoms with van der Waals surface area (Å²) >= 11 is 0. The van der Waals surface area contributed by atoms with E-state index in [1.165, 1.54) is 12.1 Å². The zero-order valence-corrected chi connectivity index (χ0v) is 15.9. The van der Waals surface area contributed by atoms with Crippen LogP contribution in [0.2, 0.25) is 0 Å². The standard InChI is InChI=1S/C22H24N2O5/c25-20(16-8-4-5-9-17(16)22(28)29)24-19-12-15(21(26)27)10-11-18(19)23-13-14-6-2-1-3-7-14/h1-3,6-7,10-12,16-17,23H,4-5,8-9,13H2,(H,24,25)(H,26,27)(H,28,29)/p-2/t16-,17+/m1/s1. The Morgan fingerprint density at radius 3 is 2.24 bits per heavy atom. The molecule has 7 nitrogen and oxygen atoms in total. The van der Waals surface area contributed by atoms with Crippen molar-refractivity contribution in [2.24, 2.45) is 11.8 Å². The molecule has 0 bridgehead atoms. The van der Waals surface area contributed by atoms with Gasteiger partial charge >= 0.3 is 0 Å². The Morgan fingerprint density at radius 2 is 1.59 bits per heavy atom. The molecule has 0 spiro atoms. The van der Waals surface area contributed by atoms with Crippen molar-refractivity contribution in [1.82, 2.24) is 0 Å². The molecule has 0 aromatic heterocycles. The number of carboxylic acid groups (broad SMARTS) is 2. The third-order valence-corrected chi connectivity index (χ3v) is 5.24. The maximum atomic E-state index is 12.8. The van der Waals surface area contributed by atoms with E-state index in [9.17, 15) is 24.6 Å². The van der Waals surface area contributed by atoms with Gasteiger partial charge in [-0.1, -0.05) is 49.2 Å². The van der Waals surface area contributed by atoms with E-state index in [0.717, 1.165) is 18.4 Å². The fourth-order valence-corrected chi connectivity index (χ4v) is 3.67. The number of carboxylic acids is 2. The number of hydrogen-bond acceptors (Lipinski definition) is 6. The molecular formula is C22H22N2O5-2. The third kappa shape index (κ3) is 5.13. The first-order valence-corrected chi connectivity index (χ1v) is 9.60. The van der Waals surface area contributed by atoms with E-state index in [-0.39, 0.29) is 11.3 Å². The molecule has 0 radical (unpaired) electrons. The Hall–Kier alpha value is -3.35. The molecule has 2 aromatic carbocycles. The smallest absolute Gasteiger partial charge is 0.228 e. The Kier molecular flexibility index (Phi) is 6.49. The van der Waals surface area contributed by atoms with Crippen LogP contribution in [0.15, 0.2) is 48.5 Å². The fourth-order valence-electron chi connectivity index (χ4n) is 3.67. The van der Waals surface area contributed by atoms with Crippen LogP contribution in [-0.2, 0) is 16.1 Å². The van der Waals surface area contributed by atoms with E-state index in [1.807, 2.05) is 30.3 Å². The van der Waals surface area contributed by atoms with Gasteiger partial charge in [-0.15, -0.1) is 0 Å². The Labute approximate surface area is 168 Å². The van der Waals surface area contributed by atoms with Gasteiger partial charge < -0.3 is 30.4 Å². The molecule has 0 heterocycles. The van der Waals surface area contributed by atoms with Crippen molar-refractivity contribution in [3.8, 4) is 0 Å². The van der Waals surface area contributed by atoms with Gasteiger partial charge in [-0.2, -0.15) is 0 Å². The van der Waals surface area contributed by atoms with Gasteiger partial charge in [0.2, 0.25) is 5.91 Å². The maximum Gasteiger partial charge on any atom is 0.228 e. The van der Waals surface area contributed by atoms with E-state index < -0.39 is 29.7 Å². The van der Waals surface area contributed by atoms with E-state index in [0.29, 0.717) is 25.1 Å². The molecule has 0 saturated heterocycles. The minimum absolute atomic E-state index is 0.0781. The Balaban J connectivity index is 1.81. The second-order valence-electron chi connectivity index (χ2n) is 7.19. The zero-order valence-electron chi connectivity index (χ0n) is 15.9. The number of amides is 1. The van der Waals surface area contributed by atoms with Gasteiger partial charge in [0.05, 0.1) is 17.3 Å². The largest absolute Gasteiger partial charge is 0.550 e. The molecule has 1 aliphatic carbocycles. The van der Waals surface area contributed by atoms with Crippen LogP contribution < -0.4 is 20.8 Å². The van der Waals surface area contributed by atoms with Gasteiger partial charge in [0.1, 0.15) is 0 Å². The van der Waals surface area contributed by atoms with Crippen LogP contribution in [0.25, 0.3) is 0 Å². The molecular weight excluding hydrogens is 372 g/mol. The van der Waals surface area contributed by atoms with Crippen LogP contribution in [0.3, 0.4) is 0 Å². The lowest BCUT2D eigenvalue weighted by atomic mass is 9.78. The maximum absolute atomic E-state index is 12.8. The van der Waals surface area contributed by atoms with Crippen molar-refractivity contribution in [3.63, 3.8) is 0 Å². The van der Waals surface area contributed by atoms with Crippen LogP contribution in [0.5, 0.6) is 0 Å². The van der Waals surface area contributed by atoms with Crippen molar-refractivity contribution in [2.75, 3.05) is 10.6 Å². The molecule has 2 atom stereocenters. The summed E-state index contributed by atoms with van der Waals surface area (Å²) in [4.78, 5) is 35.4. The first-order chi connectivity index (χ1) is 14.0. The predicted molar refractivity (Wildman–Crippen MR) is 104 cm³/mol. The molecule has 0 aliphatic heterocycles. The third-order valence-electron chi connectivity index (χ3n) is 5.24. The van der Waals surface area contributed by atoms with Crippen molar-refractivity contribution in [1.29, 1.82) is 0 Å². The number of anilines is 2. The second kappa shape index (κ2) is 9.23. The highest BCUT2D eigenvalue weighted by Gasteiger charge is 2.32. The van der Waals surface area contributed by atoms with Gasteiger partial charge in [-0.3, -0.25) is 4.79 Å². The summed E-state index contributed by atoms with van der Waals surface area (Å²) in [5.74, 6) is -4.58. The fraction of sp³-hybridized carbons (Fsp3) is 0.318. The predicted octanol–water partition coefficient (Wildman–Crippen LogP) is 1.16. The quantitative estimate of drug-likeness (QED) is 0.727. The van der Waals surface area contributed by atoms with Crippen LogP contribution >= 0.6 is 0 Å². The van der Waals surface area contributed by atoms with E-state index in [1.54, 1.807) is 6.07 Å². The van der Waals surface area contributed by atoms with Gasteiger partial charge in [-0.05, 0) is 36.1 Å². The molecule has 1 aliphatic rings. The number of rotatable bonds is 7. The molecule has 152 valence electrons. The molecule has 7 heteroatoms. The molecule has 29 heavy (non-hydrogen) atoms. The molecule has 1 amide bonds. The van der Waals surface area contributed by atoms with Crippen LogP contribution in [0, 0.1) is 11.8 Å². The molecule has 2 aromatic rings. The van der Waals surface area contributed by atoms with E-state index >= 15 is 0 Å². The molecule has 2 N–H and O–H groups in total. The number of aromatic carboxylic acids is 1. The zero-order chi connectivity index (χ0) is 20.8. The normalized spacial score (nSPS) is 18.6. The van der Waals surface area contributed by atoms with Crippen LogP contribution in [0.1, 0.15) is 41.6 Å². The van der Waals surface area contributed by atoms with Crippen molar-refractivity contribution < 1.29 is 24.6 Å². The molecule has 3 rings (SSSR count). The summed E-state index contributed by atoms with van der Waals surface area (Å²) in [5.41, 5.74) is 1.74. The number of aliphatic carboxylic acids is 1. The van der Waals surface area contributed by atoms with Crippen LogP contribution in [0.4, 0.5) is 11.4 Å². The molecule has 0 unspecified atom stereocenters. The number of benzene rings is 2. The summed E-state index contributed by atoms with van der Waals surface area (Å²) in [7, 11) is 0. The second-order valence-corrected chi connectivity index (χ2v) is 7.19. The van der Waals surface area contributed by atoms with Gasteiger partial charge in [0, 0.05) is 24.3 Å². The summed E-state index contributed by atoms with van der Waals surface area (Å²) in [5, 5.41) is 28.5. The Morgan fingerprint density at radius 1 is 0.897 bits per heavy atom. The lowest BCUT2D eigenvalue weighted by Crippen LogP contribution is -2.42. The highest BCUT2D eigenvalue weighted by molar-refractivity contribution is 5.99. The average molecular weight is 394 g/mol. The van der Waals surface area contributed by atoms with Crippen molar-refractivity contribution in [2.45, 2.75) is 32.2 Å².